The van der Waals surface area contributed by atoms with E-state index in [1.807, 2.05) is 30.3 Å². The van der Waals surface area contributed by atoms with Crippen molar-refractivity contribution in [3.05, 3.63) is 65.5 Å². The Labute approximate surface area is 127 Å². The van der Waals surface area contributed by atoms with Crippen molar-refractivity contribution in [3.63, 3.8) is 0 Å². The molecule has 0 atom stereocenters. The highest BCUT2D eigenvalue weighted by molar-refractivity contribution is 5.99. The zero-order chi connectivity index (χ0) is 15.9. The molecule has 0 radical (unpaired) electrons. The van der Waals surface area contributed by atoms with Gasteiger partial charge in [0.15, 0.2) is 11.6 Å². The van der Waals surface area contributed by atoms with Crippen LogP contribution in [-0.2, 0) is 6.61 Å². The molecule has 114 valence electrons. The van der Waals surface area contributed by atoms with E-state index in [1.165, 1.54) is 12.1 Å². The summed E-state index contributed by atoms with van der Waals surface area (Å²) in [6.45, 7) is 1.92. The molecule has 0 aromatic heterocycles. The number of carbonyl (C=O) groups is 1. The predicted molar refractivity (Wildman–Crippen MR) is 82.1 cm³/mol. The zero-order valence-corrected chi connectivity index (χ0v) is 12.0. The number of hydrogen-bond donors (Lipinski definition) is 2. The molecule has 5 nitrogen and oxygen atoms in total. The maximum absolute atomic E-state index is 14.0. The quantitative estimate of drug-likeness (QED) is 0.658. The van der Waals surface area contributed by atoms with E-state index in [0.29, 0.717) is 11.3 Å². The second-order valence-corrected chi connectivity index (χ2v) is 4.59. The minimum atomic E-state index is -0.775. The molecule has 0 aliphatic heterocycles. The number of amides is 2. The van der Waals surface area contributed by atoms with Crippen LogP contribution in [0.1, 0.15) is 18.1 Å². The van der Waals surface area contributed by atoms with Crippen molar-refractivity contribution in [1.29, 1.82) is 0 Å². The summed E-state index contributed by atoms with van der Waals surface area (Å²) < 4.78 is 19.5. The fourth-order valence-corrected chi connectivity index (χ4v) is 1.78. The van der Waals surface area contributed by atoms with Crippen molar-refractivity contribution in [2.24, 2.45) is 10.8 Å². The molecule has 0 aliphatic rings. The van der Waals surface area contributed by atoms with Crippen molar-refractivity contribution in [2.45, 2.75) is 13.5 Å². The number of nitrogens with two attached hydrogens (primary N) is 1. The third-order valence-corrected chi connectivity index (χ3v) is 2.92. The molecule has 2 rings (SSSR count). The van der Waals surface area contributed by atoms with Crippen molar-refractivity contribution in [1.82, 2.24) is 5.43 Å². The van der Waals surface area contributed by atoms with Crippen LogP contribution in [0.15, 0.2) is 53.6 Å². The van der Waals surface area contributed by atoms with E-state index in [1.54, 1.807) is 13.0 Å². The molecule has 6 heteroatoms. The van der Waals surface area contributed by atoms with Crippen molar-refractivity contribution in [2.75, 3.05) is 0 Å². The Balaban J connectivity index is 2.06. The minimum Gasteiger partial charge on any atom is -0.486 e. The molecule has 0 saturated carbocycles. The Bertz CT molecular complexity index is 687. The number of carbonyl (C=O) groups excluding carboxylic acids is 1. The largest absolute Gasteiger partial charge is 0.486 e. The van der Waals surface area contributed by atoms with Crippen LogP contribution >= 0.6 is 0 Å². The third-order valence-electron chi connectivity index (χ3n) is 2.92. The van der Waals surface area contributed by atoms with Crippen LogP contribution < -0.4 is 15.9 Å². The van der Waals surface area contributed by atoms with Crippen molar-refractivity contribution in [3.8, 4) is 5.75 Å². The number of nitrogens with zero attached hydrogens (tertiary/aromatic N) is 1. The summed E-state index contributed by atoms with van der Waals surface area (Å²) in [5.74, 6) is -0.342. The van der Waals surface area contributed by atoms with Gasteiger partial charge in [0.2, 0.25) is 0 Å². The molecule has 22 heavy (non-hydrogen) atoms. The maximum Gasteiger partial charge on any atom is 0.332 e. The first kappa shape index (κ1) is 15.5. The van der Waals surface area contributed by atoms with Crippen molar-refractivity contribution >= 4 is 11.7 Å². The first-order valence-corrected chi connectivity index (χ1v) is 6.62. The zero-order valence-electron chi connectivity index (χ0n) is 12.0. The van der Waals surface area contributed by atoms with Crippen LogP contribution in [0, 0.1) is 5.82 Å². The Hall–Kier alpha value is -2.89. The Morgan fingerprint density at radius 3 is 2.64 bits per heavy atom. The molecular weight excluding hydrogens is 285 g/mol. The molecule has 0 aliphatic carbocycles. The number of ether oxygens (including phenoxy) is 1. The third kappa shape index (κ3) is 4.31. The van der Waals surface area contributed by atoms with E-state index in [2.05, 4.69) is 10.5 Å². The molecule has 2 aromatic rings. The smallest absolute Gasteiger partial charge is 0.332 e. The van der Waals surface area contributed by atoms with E-state index in [0.717, 1.165) is 5.56 Å². The van der Waals surface area contributed by atoms with E-state index >= 15 is 0 Å². The number of urea groups is 1. The van der Waals surface area contributed by atoms with Gasteiger partial charge in [0.25, 0.3) is 0 Å². The number of benzene rings is 2. The number of nitrogens with one attached hydrogen (secondary N) is 1. The molecule has 0 saturated heterocycles. The molecule has 0 bridgehead atoms. The molecule has 3 N–H and O–H groups in total. The Morgan fingerprint density at radius 2 is 2.00 bits per heavy atom. The van der Waals surface area contributed by atoms with Gasteiger partial charge in [-0.1, -0.05) is 30.3 Å². The predicted octanol–water partition coefficient (Wildman–Crippen LogP) is 2.80. The number of hydrazone groups is 1. The topological polar surface area (TPSA) is 76.7 Å². The van der Waals surface area contributed by atoms with E-state index in [-0.39, 0.29) is 12.4 Å². The van der Waals surface area contributed by atoms with Crippen LogP contribution in [0.4, 0.5) is 9.18 Å². The molecule has 0 fully saturated rings. The number of rotatable bonds is 5. The van der Waals surface area contributed by atoms with Gasteiger partial charge in [0.05, 0.1) is 5.71 Å². The maximum atomic E-state index is 14.0. The van der Waals surface area contributed by atoms with E-state index in [4.69, 9.17) is 10.5 Å². The summed E-state index contributed by atoms with van der Waals surface area (Å²) in [5, 5.41) is 3.74. The van der Waals surface area contributed by atoms with E-state index < -0.39 is 11.8 Å². The second-order valence-electron chi connectivity index (χ2n) is 4.59. The average Bonchev–Trinajstić information content (AvgIpc) is 2.52. The molecule has 0 heterocycles. The SMILES string of the molecule is C/C(=N\NC(N)=O)c1ccc(OCc2ccccc2)c(F)c1. The van der Waals surface area contributed by atoms with Gasteiger partial charge in [-0.15, -0.1) is 0 Å². The van der Waals surface area contributed by atoms with Gasteiger partial charge >= 0.3 is 6.03 Å². The lowest BCUT2D eigenvalue weighted by molar-refractivity contribution is 0.249. The lowest BCUT2D eigenvalue weighted by atomic mass is 10.1. The van der Waals surface area contributed by atoms with Gasteiger partial charge in [-0.25, -0.2) is 14.6 Å². The highest BCUT2D eigenvalue weighted by Crippen LogP contribution is 2.20. The number of hydrogen-bond acceptors (Lipinski definition) is 3. The van der Waals surface area contributed by atoms with Gasteiger partial charge in [-0.05, 0) is 30.7 Å². The van der Waals surface area contributed by atoms with Gasteiger partial charge in [-0.3, -0.25) is 0 Å². The summed E-state index contributed by atoms with van der Waals surface area (Å²) in [7, 11) is 0. The van der Waals surface area contributed by atoms with Crippen LogP contribution in [0.3, 0.4) is 0 Å². The normalized spacial score (nSPS) is 11.1. The first-order valence-electron chi connectivity index (χ1n) is 6.62. The Kier molecular flexibility index (Phi) is 5.08. The second kappa shape index (κ2) is 7.21. The van der Waals surface area contributed by atoms with Crippen LogP contribution in [0.5, 0.6) is 5.75 Å². The molecule has 0 unspecified atom stereocenters. The van der Waals surface area contributed by atoms with Crippen LogP contribution in [-0.4, -0.2) is 11.7 Å². The van der Waals surface area contributed by atoms with Gasteiger partial charge in [0.1, 0.15) is 6.61 Å². The monoisotopic (exact) mass is 301 g/mol. The lowest BCUT2D eigenvalue weighted by Crippen LogP contribution is -2.25. The summed E-state index contributed by atoms with van der Waals surface area (Å²) in [5.41, 5.74) is 8.93. The molecule has 2 amide bonds. The van der Waals surface area contributed by atoms with E-state index in [9.17, 15) is 9.18 Å². The summed E-state index contributed by atoms with van der Waals surface area (Å²) >= 11 is 0. The minimum absolute atomic E-state index is 0.156. The summed E-state index contributed by atoms with van der Waals surface area (Å²) in [6.07, 6.45) is 0. The van der Waals surface area contributed by atoms with Crippen molar-refractivity contribution < 1.29 is 13.9 Å². The van der Waals surface area contributed by atoms with Gasteiger partial charge in [0, 0.05) is 5.56 Å². The summed E-state index contributed by atoms with van der Waals surface area (Å²) in [6, 6.07) is 13.2. The van der Waals surface area contributed by atoms with Gasteiger partial charge in [-0.2, -0.15) is 5.10 Å². The van der Waals surface area contributed by atoms with Crippen LogP contribution in [0.2, 0.25) is 0 Å². The van der Waals surface area contributed by atoms with Gasteiger partial charge < -0.3 is 10.5 Å². The Morgan fingerprint density at radius 1 is 1.27 bits per heavy atom. The highest BCUT2D eigenvalue weighted by Gasteiger charge is 2.07. The summed E-state index contributed by atoms with van der Waals surface area (Å²) in [4.78, 5) is 10.6. The first-order chi connectivity index (χ1) is 10.6. The molecular formula is C16H16FN3O2. The lowest BCUT2D eigenvalue weighted by Gasteiger charge is -2.09. The number of halogens is 1. The fraction of sp³-hybridized carbons (Fsp3) is 0.125. The standard InChI is InChI=1S/C16H16FN3O2/c1-11(19-20-16(18)21)13-7-8-15(14(17)9-13)22-10-12-5-3-2-4-6-12/h2-9H,10H2,1H3,(H3,18,20,21)/b19-11+. The van der Waals surface area contributed by atoms with Crippen LogP contribution in [0.25, 0.3) is 0 Å². The fourth-order valence-electron chi connectivity index (χ4n) is 1.78. The molecule has 2 aromatic carbocycles. The highest BCUT2D eigenvalue weighted by atomic mass is 19.1. The molecule has 0 spiro atoms. The number of primary amides is 1. The average molecular weight is 301 g/mol.